The molecule has 0 saturated heterocycles. The van der Waals surface area contributed by atoms with Crippen molar-refractivity contribution in [2.24, 2.45) is 0 Å². The molecule has 0 unspecified atom stereocenters. The maximum absolute atomic E-state index is 13.1. The lowest BCUT2D eigenvalue weighted by Crippen LogP contribution is -1.98. The summed E-state index contributed by atoms with van der Waals surface area (Å²) in [5.41, 5.74) is 3.88. The van der Waals surface area contributed by atoms with E-state index in [2.05, 4.69) is 0 Å². The first-order chi connectivity index (χ1) is 13.6. The van der Waals surface area contributed by atoms with Gasteiger partial charge in [-0.15, -0.1) is 0 Å². The molecule has 0 spiro atoms. The fourth-order valence-electron chi connectivity index (χ4n) is 2.68. The summed E-state index contributed by atoms with van der Waals surface area (Å²) in [7, 11) is 0. The average molecular weight is 376 g/mol. The van der Waals surface area contributed by atoms with Gasteiger partial charge in [-0.05, 0) is 65.6 Å². The van der Waals surface area contributed by atoms with Crippen molar-refractivity contribution in [3.63, 3.8) is 0 Å². The molecule has 3 aromatic rings. The molecule has 3 aromatic carbocycles. The maximum Gasteiger partial charge on any atom is 0.330 e. The predicted molar refractivity (Wildman–Crippen MR) is 108 cm³/mol. The van der Waals surface area contributed by atoms with Crippen LogP contribution in [0.1, 0.15) is 18.1 Å². The highest BCUT2D eigenvalue weighted by Gasteiger charge is 2.02. The highest BCUT2D eigenvalue weighted by atomic mass is 19.1. The van der Waals surface area contributed by atoms with Crippen LogP contribution in [-0.2, 0) is 16.1 Å². The molecule has 0 aliphatic carbocycles. The van der Waals surface area contributed by atoms with Crippen molar-refractivity contribution in [1.82, 2.24) is 0 Å². The van der Waals surface area contributed by atoms with Gasteiger partial charge in [0, 0.05) is 6.08 Å². The van der Waals surface area contributed by atoms with Crippen LogP contribution < -0.4 is 4.74 Å². The Morgan fingerprint density at radius 3 is 2.43 bits per heavy atom. The minimum atomic E-state index is -0.358. The Hall–Kier alpha value is -3.40. The number of hydrogen-bond acceptors (Lipinski definition) is 3. The Kier molecular flexibility index (Phi) is 6.58. The Morgan fingerprint density at radius 1 is 0.964 bits per heavy atom. The SMILES string of the molecule is CCOC(=O)C=Cc1ccc(OCc2cccc(-c3ccc(F)cc3)c2)cc1. The number of ether oxygens (including phenoxy) is 2. The van der Waals surface area contributed by atoms with E-state index in [0.717, 1.165) is 28.0 Å². The summed E-state index contributed by atoms with van der Waals surface area (Å²) < 4.78 is 23.8. The van der Waals surface area contributed by atoms with Gasteiger partial charge in [-0.2, -0.15) is 0 Å². The Bertz CT molecular complexity index is 944. The molecule has 0 aliphatic heterocycles. The first-order valence-corrected chi connectivity index (χ1v) is 9.06. The zero-order chi connectivity index (χ0) is 19.8. The number of hydrogen-bond donors (Lipinski definition) is 0. The summed E-state index contributed by atoms with van der Waals surface area (Å²) in [6, 6.07) is 21.9. The molecule has 3 rings (SSSR count). The second-order valence-electron chi connectivity index (χ2n) is 6.15. The highest BCUT2D eigenvalue weighted by Crippen LogP contribution is 2.22. The zero-order valence-electron chi connectivity index (χ0n) is 15.6. The standard InChI is InChI=1S/C24H21FO3/c1-2-27-24(26)15-8-18-6-13-23(14-7-18)28-17-19-4-3-5-21(16-19)20-9-11-22(25)12-10-20/h3-16H,2,17H2,1H3. The van der Waals surface area contributed by atoms with E-state index in [1.54, 1.807) is 25.1 Å². The van der Waals surface area contributed by atoms with Crippen molar-refractivity contribution in [3.05, 3.63) is 95.8 Å². The first kappa shape index (κ1) is 19.4. The van der Waals surface area contributed by atoms with Crippen LogP contribution in [0.2, 0.25) is 0 Å². The van der Waals surface area contributed by atoms with E-state index in [4.69, 9.17) is 9.47 Å². The molecule has 142 valence electrons. The number of carbonyl (C=O) groups excluding carboxylic acids is 1. The normalized spacial score (nSPS) is 10.8. The minimum Gasteiger partial charge on any atom is -0.489 e. The number of carbonyl (C=O) groups is 1. The summed E-state index contributed by atoms with van der Waals surface area (Å²) in [5, 5.41) is 0. The minimum absolute atomic E-state index is 0.246. The van der Waals surface area contributed by atoms with E-state index in [0.29, 0.717) is 13.2 Å². The molecule has 4 heteroatoms. The van der Waals surface area contributed by atoms with Crippen LogP contribution in [0.5, 0.6) is 5.75 Å². The summed E-state index contributed by atoms with van der Waals surface area (Å²) in [6.07, 6.45) is 3.11. The molecular weight excluding hydrogens is 355 g/mol. The summed E-state index contributed by atoms with van der Waals surface area (Å²) in [5.74, 6) is 0.133. The van der Waals surface area contributed by atoms with Crippen molar-refractivity contribution >= 4 is 12.0 Å². The molecule has 0 aliphatic rings. The largest absolute Gasteiger partial charge is 0.489 e. The van der Waals surface area contributed by atoms with Crippen molar-refractivity contribution < 1.29 is 18.7 Å². The Balaban J connectivity index is 1.60. The molecule has 0 heterocycles. The summed E-state index contributed by atoms with van der Waals surface area (Å²) in [6.45, 7) is 2.55. The molecule has 0 fully saturated rings. The van der Waals surface area contributed by atoms with Gasteiger partial charge in [0.05, 0.1) is 6.61 Å². The van der Waals surface area contributed by atoms with Crippen LogP contribution in [0.4, 0.5) is 4.39 Å². The monoisotopic (exact) mass is 376 g/mol. The molecule has 28 heavy (non-hydrogen) atoms. The Labute approximate surface area is 164 Å². The Morgan fingerprint density at radius 2 is 1.71 bits per heavy atom. The van der Waals surface area contributed by atoms with Gasteiger partial charge in [-0.25, -0.2) is 9.18 Å². The predicted octanol–water partition coefficient (Wildman–Crippen LogP) is 5.65. The van der Waals surface area contributed by atoms with Crippen molar-refractivity contribution in [3.8, 4) is 16.9 Å². The molecule has 0 saturated carbocycles. The topological polar surface area (TPSA) is 35.5 Å². The molecule has 0 radical (unpaired) electrons. The second-order valence-corrected chi connectivity index (χ2v) is 6.15. The lowest BCUT2D eigenvalue weighted by molar-refractivity contribution is -0.137. The number of benzene rings is 3. The first-order valence-electron chi connectivity index (χ1n) is 9.06. The highest BCUT2D eigenvalue weighted by molar-refractivity contribution is 5.87. The van der Waals surface area contributed by atoms with Gasteiger partial charge in [0.15, 0.2) is 0 Å². The third-order valence-electron chi connectivity index (χ3n) is 4.09. The quantitative estimate of drug-likeness (QED) is 0.395. The van der Waals surface area contributed by atoms with Crippen molar-refractivity contribution in [2.75, 3.05) is 6.61 Å². The number of rotatable bonds is 7. The molecule has 0 bridgehead atoms. The average Bonchev–Trinajstić information content (AvgIpc) is 2.72. The van der Waals surface area contributed by atoms with E-state index >= 15 is 0 Å². The molecule has 0 atom stereocenters. The van der Waals surface area contributed by atoms with Crippen LogP contribution in [-0.4, -0.2) is 12.6 Å². The van der Waals surface area contributed by atoms with Gasteiger partial charge < -0.3 is 9.47 Å². The lowest BCUT2D eigenvalue weighted by Gasteiger charge is -2.09. The van der Waals surface area contributed by atoms with Crippen molar-refractivity contribution in [1.29, 1.82) is 0 Å². The molecular formula is C24H21FO3. The van der Waals surface area contributed by atoms with E-state index in [9.17, 15) is 9.18 Å². The smallest absolute Gasteiger partial charge is 0.330 e. The van der Waals surface area contributed by atoms with E-state index in [-0.39, 0.29) is 11.8 Å². The van der Waals surface area contributed by atoms with Crippen molar-refractivity contribution in [2.45, 2.75) is 13.5 Å². The van der Waals surface area contributed by atoms with Gasteiger partial charge >= 0.3 is 5.97 Å². The summed E-state index contributed by atoms with van der Waals surface area (Å²) in [4.78, 5) is 11.3. The van der Waals surface area contributed by atoms with Crippen LogP contribution in [0, 0.1) is 5.82 Å². The molecule has 3 nitrogen and oxygen atoms in total. The number of halogens is 1. The lowest BCUT2D eigenvalue weighted by atomic mass is 10.0. The zero-order valence-corrected chi connectivity index (χ0v) is 15.6. The van der Waals surface area contributed by atoms with E-state index in [1.807, 2.05) is 48.5 Å². The molecule has 0 aromatic heterocycles. The molecule has 0 N–H and O–H groups in total. The van der Waals surface area contributed by atoms with Gasteiger partial charge in [0.25, 0.3) is 0 Å². The van der Waals surface area contributed by atoms with Crippen LogP contribution in [0.3, 0.4) is 0 Å². The summed E-state index contributed by atoms with van der Waals surface area (Å²) >= 11 is 0. The van der Waals surface area contributed by atoms with Gasteiger partial charge in [-0.1, -0.05) is 42.5 Å². The molecule has 0 amide bonds. The van der Waals surface area contributed by atoms with Gasteiger partial charge in [0.2, 0.25) is 0 Å². The van der Waals surface area contributed by atoms with Crippen LogP contribution in [0.25, 0.3) is 17.2 Å². The van der Waals surface area contributed by atoms with E-state index < -0.39 is 0 Å². The maximum atomic E-state index is 13.1. The number of esters is 1. The van der Waals surface area contributed by atoms with Crippen LogP contribution in [0.15, 0.2) is 78.9 Å². The third-order valence-corrected chi connectivity index (χ3v) is 4.09. The van der Waals surface area contributed by atoms with Gasteiger partial charge in [-0.3, -0.25) is 0 Å². The van der Waals surface area contributed by atoms with Crippen LogP contribution >= 0.6 is 0 Å². The van der Waals surface area contributed by atoms with E-state index in [1.165, 1.54) is 18.2 Å². The fourth-order valence-corrected chi connectivity index (χ4v) is 2.68. The fraction of sp³-hybridized carbons (Fsp3) is 0.125. The van der Waals surface area contributed by atoms with Gasteiger partial charge in [0.1, 0.15) is 18.2 Å². The second kappa shape index (κ2) is 9.51. The third kappa shape index (κ3) is 5.55.